The lowest BCUT2D eigenvalue weighted by Gasteiger charge is -2.54. The Labute approximate surface area is 194 Å². The minimum absolute atomic E-state index is 0.0746. The van der Waals surface area contributed by atoms with Crippen LogP contribution >= 0.6 is 0 Å². The van der Waals surface area contributed by atoms with E-state index in [0.717, 1.165) is 54.8 Å². The molecule has 2 N–H and O–H groups in total. The lowest BCUT2D eigenvalue weighted by Crippen LogP contribution is -2.59. The van der Waals surface area contributed by atoms with E-state index in [2.05, 4.69) is 10.4 Å². The van der Waals surface area contributed by atoms with Gasteiger partial charge >= 0.3 is 6.18 Å². The lowest BCUT2D eigenvalue weighted by molar-refractivity contribution is -0.137. The van der Waals surface area contributed by atoms with Crippen LogP contribution in [0.2, 0.25) is 0 Å². The molecule has 6 nitrogen and oxygen atoms in total. The van der Waals surface area contributed by atoms with Crippen LogP contribution in [-0.2, 0) is 20.3 Å². The Morgan fingerprint density at radius 3 is 2.53 bits per heavy atom. The van der Waals surface area contributed by atoms with E-state index >= 15 is 0 Å². The van der Waals surface area contributed by atoms with Crippen molar-refractivity contribution in [3.05, 3.63) is 54.0 Å². The van der Waals surface area contributed by atoms with E-state index in [0.29, 0.717) is 22.4 Å². The van der Waals surface area contributed by atoms with Gasteiger partial charge in [-0.25, -0.2) is 4.98 Å². The molecule has 34 heavy (non-hydrogen) atoms. The average molecular weight is 467 g/mol. The Kier molecular flexibility index (Phi) is 4.42. The molecule has 6 rings (SSSR count). The molecule has 1 saturated heterocycles. The highest BCUT2D eigenvalue weighted by atomic mass is 19.4. The molecule has 2 fully saturated rings. The molecule has 0 bridgehead atoms. The fourth-order valence-electron chi connectivity index (χ4n) is 5.61. The van der Waals surface area contributed by atoms with Gasteiger partial charge in [0.25, 0.3) is 0 Å². The summed E-state index contributed by atoms with van der Waals surface area (Å²) in [5.74, 6) is 0.751. The standard InChI is InChI=1S/C25H24F3N5O/c1-32-22(18-8-17(34)4-5-19(18)25(26,27)28)21(14-3-6-20-15(7-14)11-30-33(20)2)31-23(32)16-9-24(10-16)12-29-13-24/h3-8,11,16,29,34H,9-10,12-13H2,1-2H3. The quantitative estimate of drug-likeness (QED) is 0.453. The third-order valence-corrected chi connectivity index (χ3v) is 7.44. The van der Waals surface area contributed by atoms with Gasteiger partial charge in [-0.15, -0.1) is 0 Å². The Balaban J connectivity index is 1.56. The van der Waals surface area contributed by atoms with Crippen LogP contribution < -0.4 is 5.32 Å². The number of rotatable bonds is 3. The number of hydrogen-bond donors (Lipinski definition) is 2. The molecule has 2 aromatic heterocycles. The number of hydrogen-bond acceptors (Lipinski definition) is 4. The molecule has 1 spiro atoms. The Morgan fingerprint density at radius 2 is 1.85 bits per heavy atom. The van der Waals surface area contributed by atoms with Crippen LogP contribution in [-0.4, -0.2) is 37.5 Å². The van der Waals surface area contributed by atoms with Crippen molar-refractivity contribution in [2.24, 2.45) is 19.5 Å². The minimum atomic E-state index is -4.57. The average Bonchev–Trinajstić information content (AvgIpc) is 3.25. The Hall–Kier alpha value is -3.33. The molecule has 1 aliphatic carbocycles. The second-order valence-electron chi connectivity index (χ2n) is 9.70. The van der Waals surface area contributed by atoms with E-state index in [1.807, 2.05) is 25.2 Å². The number of phenols is 1. The number of nitrogens with one attached hydrogen (secondary N) is 1. The maximum atomic E-state index is 14.0. The summed E-state index contributed by atoms with van der Waals surface area (Å²) in [5, 5.41) is 18.6. The van der Waals surface area contributed by atoms with Crippen molar-refractivity contribution >= 4 is 10.9 Å². The first-order valence-corrected chi connectivity index (χ1v) is 11.3. The van der Waals surface area contributed by atoms with Gasteiger partial charge in [-0.3, -0.25) is 4.68 Å². The molecule has 3 heterocycles. The molecule has 1 saturated carbocycles. The summed E-state index contributed by atoms with van der Waals surface area (Å²) >= 11 is 0. The number of benzene rings is 2. The number of aromatic nitrogens is 4. The molecule has 0 atom stereocenters. The van der Waals surface area contributed by atoms with E-state index in [1.165, 1.54) is 6.07 Å². The van der Waals surface area contributed by atoms with Gasteiger partial charge in [-0.1, -0.05) is 6.07 Å². The third-order valence-electron chi connectivity index (χ3n) is 7.44. The van der Waals surface area contributed by atoms with E-state index < -0.39 is 11.7 Å². The van der Waals surface area contributed by atoms with Gasteiger partial charge in [0.1, 0.15) is 11.6 Å². The maximum absolute atomic E-state index is 14.0. The Bertz CT molecular complexity index is 1420. The normalized spacial score (nSPS) is 17.8. The number of nitrogens with zero attached hydrogens (tertiary/aromatic N) is 4. The largest absolute Gasteiger partial charge is 0.508 e. The first-order chi connectivity index (χ1) is 16.2. The van der Waals surface area contributed by atoms with Crippen LogP contribution in [0.4, 0.5) is 13.2 Å². The number of alkyl halides is 3. The fourth-order valence-corrected chi connectivity index (χ4v) is 5.61. The molecule has 0 amide bonds. The first kappa shape index (κ1) is 21.2. The predicted octanol–water partition coefficient (Wildman–Crippen LogP) is 4.83. The van der Waals surface area contributed by atoms with E-state index in [1.54, 1.807) is 22.5 Å². The van der Waals surface area contributed by atoms with Gasteiger partial charge in [-0.2, -0.15) is 18.3 Å². The monoisotopic (exact) mass is 467 g/mol. The van der Waals surface area contributed by atoms with E-state index in [9.17, 15) is 18.3 Å². The maximum Gasteiger partial charge on any atom is 0.417 e. The second kappa shape index (κ2) is 7.09. The topological polar surface area (TPSA) is 67.9 Å². The predicted molar refractivity (Wildman–Crippen MR) is 122 cm³/mol. The van der Waals surface area contributed by atoms with Gasteiger partial charge in [0.15, 0.2) is 0 Å². The first-order valence-electron chi connectivity index (χ1n) is 11.3. The molecule has 9 heteroatoms. The van der Waals surface area contributed by atoms with Crippen molar-refractivity contribution in [1.82, 2.24) is 24.6 Å². The van der Waals surface area contributed by atoms with Crippen LogP contribution in [0, 0.1) is 5.41 Å². The highest BCUT2D eigenvalue weighted by molar-refractivity contribution is 5.88. The zero-order valence-electron chi connectivity index (χ0n) is 18.8. The number of aromatic hydroxyl groups is 1. The summed E-state index contributed by atoms with van der Waals surface area (Å²) in [7, 11) is 3.62. The van der Waals surface area contributed by atoms with Crippen molar-refractivity contribution in [2.45, 2.75) is 24.9 Å². The smallest absolute Gasteiger partial charge is 0.417 e. The summed E-state index contributed by atoms with van der Waals surface area (Å²) in [4.78, 5) is 4.94. The van der Waals surface area contributed by atoms with E-state index in [4.69, 9.17) is 4.98 Å². The van der Waals surface area contributed by atoms with E-state index in [-0.39, 0.29) is 17.2 Å². The molecule has 0 radical (unpaired) electrons. The molecule has 1 aliphatic heterocycles. The number of fused-ring (bicyclic) bond motifs is 1. The molecule has 2 aliphatic rings. The highest BCUT2D eigenvalue weighted by Crippen LogP contribution is 2.54. The third kappa shape index (κ3) is 3.14. The van der Waals surface area contributed by atoms with Crippen LogP contribution in [0.5, 0.6) is 5.75 Å². The summed E-state index contributed by atoms with van der Waals surface area (Å²) in [6.45, 7) is 1.96. The zero-order valence-corrected chi connectivity index (χ0v) is 18.8. The van der Waals surface area contributed by atoms with Gasteiger partial charge in [-0.05, 0) is 48.6 Å². The zero-order chi connectivity index (χ0) is 23.8. The summed E-state index contributed by atoms with van der Waals surface area (Å²) in [6.07, 6.45) is -0.900. The molecule has 4 aromatic rings. The van der Waals surface area contributed by atoms with Crippen molar-refractivity contribution in [2.75, 3.05) is 13.1 Å². The SMILES string of the molecule is Cn1c(C2CC3(CNC3)C2)nc(-c2ccc3c(cnn3C)c2)c1-c1cc(O)ccc1C(F)(F)F. The van der Waals surface area contributed by atoms with Crippen molar-refractivity contribution in [3.63, 3.8) is 0 Å². The number of phenolic OH excluding ortho intramolecular Hbond substituents is 1. The van der Waals surface area contributed by atoms with Crippen LogP contribution in [0.25, 0.3) is 33.4 Å². The minimum Gasteiger partial charge on any atom is -0.508 e. The molecule has 176 valence electrons. The van der Waals surface area contributed by atoms with Crippen molar-refractivity contribution in [1.29, 1.82) is 0 Å². The van der Waals surface area contributed by atoms with Gasteiger partial charge in [0.2, 0.25) is 0 Å². The highest BCUT2D eigenvalue weighted by Gasteiger charge is 2.50. The Morgan fingerprint density at radius 1 is 1.09 bits per heavy atom. The number of halogens is 3. The van der Waals surface area contributed by atoms with Crippen LogP contribution in [0.1, 0.15) is 30.1 Å². The van der Waals surface area contributed by atoms with Crippen molar-refractivity contribution < 1.29 is 18.3 Å². The number of aryl methyl sites for hydroxylation is 1. The van der Waals surface area contributed by atoms with Crippen LogP contribution in [0.3, 0.4) is 0 Å². The molecule has 2 aromatic carbocycles. The molecule has 0 unspecified atom stereocenters. The summed E-state index contributed by atoms with van der Waals surface area (Å²) in [5.41, 5.74) is 1.90. The van der Waals surface area contributed by atoms with Crippen molar-refractivity contribution in [3.8, 4) is 28.3 Å². The molecular weight excluding hydrogens is 443 g/mol. The van der Waals surface area contributed by atoms with Gasteiger partial charge < -0.3 is 15.0 Å². The van der Waals surface area contributed by atoms with Gasteiger partial charge in [0.05, 0.1) is 28.7 Å². The fraction of sp³-hybridized carbons (Fsp3) is 0.360. The summed E-state index contributed by atoms with van der Waals surface area (Å²) < 4.78 is 45.6. The van der Waals surface area contributed by atoms with Crippen LogP contribution in [0.15, 0.2) is 42.6 Å². The second-order valence-corrected chi connectivity index (χ2v) is 9.70. The molecular formula is C25H24F3N5O. The van der Waals surface area contributed by atoms with Gasteiger partial charge in [0, 0.05) is 49.6 Å². The summed E-state index contributed by atoms with van der Waals surface area (Å²) in [6, 6.07) is 8.88. The lowest BCUT2D eigenvalue weighted by atomic mass is 9.58. The number of imidazole rings is 1.